The van der Waals surface area contributed by atoms with E-state index in [1.807, 2.05) is 12.2 Å². The van der Waals surface area contributed by atoms with Crippen LogP contribution in [0.15, 0.2) is 47.6 Å². The monoisotopic (exact) mass is 387 g/mol. The van der Waals surface area contributed by atoms with Crippen molar-refractivity contribution in [3.8, 4) is 0 Å². The van der Waals surface area contributed by atoms with Gasteiger partial charge in [0.05, 0.1) is 23.1 Å². The third kappa shape index (κ3) is 2.43. The minimum Gasteiger partial charge on any atom is -0.274 e. The highest BCUT2D eigenvalue weighted by molar-refractivity contribution is 6.23. The summed E-state index contributed by atoms with van der Waals surface area (Å²) in [6.07, 6.45) is 5.11. The van der Waals surface area contributed by atoms with Gasteiger partial charge in [-0.15, -0.1) is 0 Å². The first-order chi connectivity index (χ1) is 13.4. The maximum atomic E-state index is 13.1. The minimum absolute atomic E-state index is 0.0190. The van der Waals surface area contributed by atoms with Crippen LogP contribution in [-0.2, 0) is 15.8 Å². The Labute approximate surface area is 160 Å². The van der Waals surface area contributed by atoms with Crippen LogP contribution in [0, 0.1) is 23.7 Å². The first-order valence-corrected chi connectivity index (χ1v) is 9.83. The molecule has 0 radical (unpaired) electrons. The summed E-state index contributed by atoms with van der Waals surface area (Å²) >= 11 is 0. The average Bonchev–Trinajstić information content (AvgIpc) is 3.31. The van der Waals surface area contributed by atoms with Gasteiger partial charge < -0.3 is 0 Å². The largest absolute Gasteiger partial charge is 0.416 e. The quantitative estimate of drug-likeness (QED) is 0.508. The zero-order valence-corrected chi connectivity index (χ0v) is 15.2. The number of fused-ring (bicyclic) bond motifs is 5. The Balaban J connectivity index is 1.51. The minimum atomic E-state index is -4.52. The molecule has 0 spiro atoms. The van der Waals surface area contributed by atoms with Gasteiger partial charge in [0.1, 0.15) is 0 Å². The van der Waals surface area contributed by atoms with Crippen LogP contribution in [-0.4, -0.2) is 11.8 Å². The van der Waals surface area contributed by atoms with Gasteiger partial charge in [0, 0.05) is 11.8 Å². The molecule has 1 aromatic rings. The average molecular weight is 387 g/mol. The number of carbonyl (C=O) groups is 2. The standard InChI is InChI=1S/C22H20F3NO2/c23-22(24,25)13-7-4-8-14(11-13)26-20(27)18-15-9-10-16(19(18)21(26)28)17(15)12-5-2-1-3-6-12/h4,7-11,15-16,18-19H,1-3,5-6H2/t15-,16-,18-,19+/m1/s1. The van der Waals surface area contributed by atoms with Gasteiger partial charge in [-0.25, -0.2) is 4.90 Å². The number of hydrogen-bond acceptors (Lipinski definition) is 2. The lowest BCUT2D eigenvalue weighted by molar-refractivity contribution is -0.137. The summed E-state index contributed by atoms with van der Waals surface area (Å²) in [5.74, 6) is -1.81. The van der Waals surface area contributed by atoms with E-state index in [-0.39, 0.29) is 29.3 Å². The molecule has 0 N–H and O–H groups in total. The third-order valence-corrected chi connectivity index (χ3v) is 6.71. The third-order valence-electron chi connectivity index (χ3n) is 6.71. The van der Waals surface area contributed by atoms with Gasteiger partial charge in [0.2, 0.25) is 11.8 Å². The maximum Gasteiger partial charge on any atom is 0.416 e. The van der Waals surface area contributed by atoms with Gasteiger partial charge in [-0.05, 0) is 43.9 Å². The topological polar surface area (TPSA) is 37.4 Å². The van der Waals surface area contributed by atoms with Crippen molar-refractivity contribution < 1.29 is 22.8 Å². The molecule has 3 fully saturated rings. The number of hydrogen-bond donors (Lipinski definition) is 0. The van der Waals surface area contributed by atoms with E-state index in [9.17, 15) is 22.8 Å². The fraction of sp³-hybridized carbons (Fsp3) is 0.455. The van der Waals surface area contributed by atoms with Crippen molar-refractivity contribution in [2.24, 2.45) is 23.7 Å². The van der Waals surface area contributed by atoms with Crippen LogP contribution in [0.4, 0.5) is 18.9 Å². The lowest BCUT2D eigenvalue weighted by Crippen LogP contribution is -2.33. The summed E-state index contributed by atoms with van der Waals surface area (Å²) in [5.41, 5.74) is 1.81. The van der Waals surface area contributed by atoms with Gasteiger partial charge in [0.15, 0.2) is 0 Å². The molecule has 1 heterocycles. The van der Waals surface area contributed by atoms with Crippen molar-refractivity contribution in [2.75, 3.05) is 4.90 Å². The Bertz CT molecular complexity index is 888. The predicted octanol–water partition coefficient (Wildman–Crippen LogP) is 4.89. The summed E-state index contributed by atoms with van der Waals surface area (Å²) in [5, 5.41) is 0. The Kier molecular flexibility index (Phi) is 3.83. The molecular weight excluding hydrogens is 367 g/mol. The maximum absolute atomic E-state index is 13.1. The number of allylic oxidation sites excluding steroid dienone is 4. The van der Waals surface area contributed by atoms with E-state index in [1.165, 1.54) is 29.7 Å². The fourth-order valence-corrected chi connectivity index (χ4v) is 5.58. The van der Waals surface area contributed by atoms with Gasteiger partial charge in [-0.1, -0.05) is 35.8 Å². The summed E-state index contributed by atoms with van der Waals surface area (Å²) in [6, 6.07) is 4.50. The molecule has 1 saturated heterocycles. The van der Waals surface area contributed by atoms with Gasteiger partial charge in [-0.3, -0.25) is 9.59 Å². The van der Waals surface area contributed by atoms with Crippen LogP contribution in [0.2, 0.25) is 0 Å². The van der Waals surface area contributed by atoms with Crippen molar-refractivity contribution in [3.63, 3.8) is 0 Å². The molecule has 0 unspecified atom stereocenters. The second kappa shape index (κ2) is 6.06. The Hall–Kier alpha value is -2.37. The molecule has 4 atom stereocenters. The molecule has 1 aliphatic heterocycles. The lowest BCUT2D eigenvalue weighted by Gasteiger charge is -2.23. The first kappa shape index (κ1) is 17.7. The molecule has 3 nitrogen and oxygen atoms in total. The van der Waals surface area contributed by atoms with E-state index in [4.69, 9.17) is 0 Å². The van der Waals surface area contributed by atoms with E-state index >= 15 is 0 Å². The van der Waals surface area contributed by atoms with E-state index in [0.29, 0.717) is 0 Å². The van der Waals surface area contributed by atoms with Crippen molar-refractivity contribution >= 4 is 17.5 Å². The molecule has 3 aliphatic carbocycles. The van der Waals surface area contributed by atoms with Crippen molar-refractivity contribution in [2.45, 2.75) is 38.3 Å². The Morgan fingerprint density at radius 2 is 1.50 bits per heavy atom. The molecule has 146 valence electrons. The number of rotatable bonds is 1. The zero-order chi connectivity index (χ0) is 19.6. The number of benzene rings is 1. The van der Waals surface area contributed by atoms with E-state index in [0.717, 1.165) is 42.7 Å². The second-order valence-electron chi connectivity index (χ2n) is 8.17. The molecule has 2 saturated carbocycles. The fourth-order valence-electron chi connectivity index (χ4n) is 5.58. The van der Waals surface area contributed by atoms with E-state index in [1.54, 1.807) is 0 Å². The van der Waals surface area contributed by atoms with E-state index < -0.39 is 23.6 Å². The molecule has 2 bridgehead atoms. The highest BCUT2D eigenvalue weighted by Crippen LogP contribution is 2.58. The van der Waals surface area contributed by atoms with Crippen LogP contribution >= 0.6 is 0 Å². The van der Waals surface area contributed by atoms with Gasteiger partial charge >= 0.3 is 6.18 Å². The highest BCUT2D eigenvalue weighted by atomic mass is 19.4. The number of halogens is 3. The second-order valence-corrected chi connectivity index (χ2v) is 8.17. The normalized spacial score (nSPS) is 31.9. The molecule has 6 heteroatoms. The predicted molar refractivity (Wildman–Crippen MR) is 97.1 cm³/mol. The number of amides is 2. The smallest absolute Gasteiger partial charge is 0.274 e. The highest BCUT2D eigenvalue weighted by Gasteiger charge is 2.62. The van der Waals surface area contributed by atoms with Crippen molar-refractivity contribution in [1.82, 2.24) is 0 Å². The number of anilines is 1. The van der Waals surface area contributed by atoms with Crippen molar-refractivity contribution in [3.05, 3.63) is 53.1 Å². The molecule has 4 aliphatic rings. The first-order valence-electron chi connectivity index (χ1n) is 9.83. The van der Waals surface area contributed by atoms with Gasteiger partial charge in [-0.2, -0.15) is 13.2 Å². The molecular formula is C22H20F3NO2. The van der Waals surface area contributed by atoms with Crippen LogP contribution in [0.3, 0.4) is 0 Å². The molecule has 28 heavy (non-hydrogen) atoms. The Morgan fingerprint density at radius 3 is 2.07 bits per heavy atom. The molecule has 5 rings (SSSR count). The summed E-state index contributed by atoms with van der Waals surface area (Å²) in [4.78, 5) is 27.3. The summed E-state index contributed by atoms with van der Waals surface area (Å²) in [7, 11) is 0. The van der Waals surface area contributed by atoms with E-state index in [2.05, 4.69) is 0 Å². The van der Waals surface area contributed by atoms with Crippen molar-refractivity contribution in [1.29, 1.82) is 0 Å². The van der Waals surface area contributed by atoms with Gasteiger partial charge in [0.25, 0.3) is 0 Å². The van der Waals surface area contributed by atoms with Crippen LogP contribution in [0.25, 0.3) is 0 Å². The molecule has 1 aromatic carbocycles. The molecule has 0 aromatic heterocycles. The summed E-state index contributed by atoms with van der Waals surface area (Å²) in [6.45, 7) is 0. The summed E-state index contributed by atoms with van der Waals surface area (Å²) < 4.78 is 39.2. The SMILES string of the molecule is O=C1[C@@H]2[C@H](C(=O)N1c1cccc(C(F)(F)F)c1)[C@@H]1C=C[C@@H]2C1=C1CCCCC1. The number of imide groups is 1. The number of carbonyl (C=O) groups excluding carboxylic acids is 2. The lowest BCUT2D eigenvalue weighted by atomic mass is 9.85. The van der Waals surface area contributed by atoms with Crippen LogP contribution < -0.4 is 4.90 Å². The van der Waals surface area contributed by atoms with Crippen LogP contribution in [0.1, 0.15) is 37.7 Å². The molecule has 2 amide bonds. The number of nitrogens with zero attached hydrogens (tertiary/aromatic N) is 1. The Morgan fingerprint density at radius 1 is 0.893 bits per heavy atom. The number of alkyl halides is 3. The van der Waals surface area contributed by atoms with Crippen LogP contribution in [0.5, 0.6) is 0 Å². The zero-order valence-electron chi connectivity index (χ0n) is 15.2.